The molecule has 2 rings (SSSR count). The number of rotatable bonds is 3. The van der Waals surface area contributed by atoms with Crippen molar-refractivity contribution in [3.63, 3.8) is 0 Å². The van der Waals surface area contributed by atoms with Crippen molar-refractivity contribution in [1.29, 1.82) is 0 Å². The summed E-state index contributed by atoms with van der Waals surface area (Å²) in [5, 5.41) is 3.41. The number of hydrogen-bond acceptors (Lipinski definition) is 2. The highest BCUT2D eigenvalue weighted by Gasteiger charge is 2.12. The molecule has 3 nitrogen and oxygen atoms in total. The first-order chi connectivity index (χ1) is 9.49. The van der Waals surface area contributed by atoms with E-state index in [1.54, 1.807) is 31.4 Å². The second-order valence-corrected chi connectivity index (χ2v) is 5.61. The maximum absolute atomic E-state index is 12.3. The zero-order valence-corrected chi connectivity index (χ0v) is 13.4. The van der Waals surface area contributed by atoms with Gasteiger partial charge in [-0.25, -0.2) is 0 Å². The number of benzene rings is 2. The first-order valence-electron chi connectivity index (χ1n) is 5.91. The second kappa shape index (κ2) is 6.29. The van der Waals surface area contributed by atoms with E-state index in [0.29, 0.717) is 26.5 Å². The fourth-order valence-electron chi connectivity index (χ4n) is 1.81. The van der Waals surface area contributed by atoms with Gasteiger partial charge in [-0.15, -0.1) is 0 Å². The van der Waals surface area contributed by atoms with Crippen molar-refractivity contribution in [2.24, 2.45) is 0 Å². The van der Waals surface area contributed by atoms with Crippen molar-refractivity contribution in [3.8, 4) is 5.75 Å². The highest BCUT2D eigenvalue weighted by molar-refractivity contribution is 9.10. The molecule has 104 valence electrons. The summed E-state index contributed by atoms with van der Waals surface area (Å²) in [6.07, 6.45) is 0. The highest BCUT2D eigenvalue weighted by Crippen LogP contribution is 2.24. The van der Waals surface area contributed by atoms with E-state index in [1.165, 1.54) is 0 Å². The highest BCUT2D eigenvalue weighted by atomic mass is 79.9. The number of carbonyl (C=O) groups excluding carboxylic acids is 1. The second-order valence-electron chi connectivity index (χ2n) is 4.32. The lowest BCUT2D eigenvalue weighted by Gasteiger charge is -2.09. The van der Waals surface area contributed by atoms with E-state index in [-0.39, 0.29) is 5.91 Å². The van der Waals surface area contributed by atoms with Crippen molar-refractivity contribution < 1.29 is 9.53 Å². The van der Waals surface area contributed by atoms with Gasteiger partial charge in [0.05, 0.1) is 12.7 Å². The molecule has 0 aliphatic rings. The van der Waals surface area contributed by atoms with Gasteiger partial charge < -0.3 is 10.1 Å². The number of amides is 1. The van der Waals surface area contributed by atoms with Gasteiger partial charge in [-0.2, -0.15) is 0 Å². The molecule has 0 fully saturated rings. The Hall–Kier alpha value is -1.52. The summed E-state index contributed by atoms with van der Waals surface area (Å²) in [5.41, 5.74) is 2.15. The summed E-state index contributed by atoms with van der Waals surface area (Å²) >= 11 is 9.34. The molecule has 0 saturated heterocycles. The van der Waals surface area contributed by atoms with Crippen LogP contribution in [0.3, 0.4) is 0 Å². The molecule has 0 spiro atoms. The van der Waals surface area contributed by atoms with Crippen LogP contribution in [0.5, 0.6) is 5.75 Å². The zero-order valence-electron chi connectivity index (χ0n) is 11.0. The molecule has 2 aromatic carbocycles. The summed E-state index contributed by atoms with van der Waals surface area (Å²) in [6.45, 7) is 1.92. The van der Waals surface area contributed by atoms with Crippen LogP contribution in [0.15, 0.2) is 40.9 Å². The Morgan fingerprint density at radius 2 is 2.00 bits per heavy atom. The third-order valence-electron chi connectivity index (χ3n) is 2.72. The van der Waals surface area contributed by atoms with Crippen LogP contribution in [0.4, 0.5) is 5.69 Å². The third-order valence-corrected chi connectivity index (χ3v) is 3.63. The van der Waals surface area contributed by atoms with Crippen LogP contribution >= 0.6 is 27.5 Å². The van der Waals surface area contributed by atoms with Crippen LogP contribution < -0.4 is 10.1 Å². The number of aryl methyl sites for hydroxylation is 1. The lowest BCUT2D eigenvalue weighted by Crippen LogP contribution is -2.12. The number of halogens is 2. The maximum atomic E-state index is 12.3. The molecule has 0 atom stereocenters. The van der Waals surface area contributed by atoms with Crippen LogP contribution in [-0.4, -0.2) is 13.0 Å². The molecule has 0 aliphatic carbocycles. The average Bonchev–Trinajstić information content (AvgIpc) is 2.37. The van der Waals surface area contributed by atoms with Gasteiger partial charge in [-0.3, -0.25) is 4.79 Å². The van der Waals surface area contributed by atoms with Crippen LogP contribution in [0.1, 0.15) is 15.9 Å². The Balaban J connectivity index is 2.27. The molecular weight excluding hydrogens is 342 g/mol. The van der Waals surface area contributed by atoms with Crippen LogP contribution in [0.2, 0.25) is 5.02 Å². The number of hydrogen-bond donors (Lipinski definition) is 1. The molecule has 0 saturated carbocycles. The van der Waals surface area contributed by atoms with Crippen molar-refractivity contribution in [1.82, 2.24) is 0 Å². The number of nitrogens with one attached hydrogen (secondary N) is 1. The number of methoxy groups -OCH3 is 1. The topological polar surface area (TPSA) is 38.3 Å². The first kappa shape index (κ1) is 14.9. The molecule has 0 radical (unpaired) electrons. The molecule has 0 aliphatic heterocycles. The van der Waals surface area contributed by atoms with E-state index in [4.69, 9.17) is 16.3 Å². The van der Waals surface area contributed by atoms with Gasteiger partial charge in [-0.05, 0) is 64.8 Å². The van der Waals surface area contributed by atoms with Crippen molar-refractivity contribution in [2.75, 3.05) is 12.4 Å². The van der Waals surface area contributed by atoms with Gasteiger partial charge in [0.15, 0.2) is 0 Å². The quantitative estimate of drug-likeness (QED) is 0.869. The van der Waals surface area contributed by atoms with Crippen molar-refractivity contribution in [3.05, 3.63) is 57.0 Å². The van der Waals surface area contributed by atoms with E-state index in [1.807, 2.05) is 19.1 Å². The molecule has 0 heterocycles. The predicted octanol–water partition coefficient (Wildman–Crippen LogP) is 4.67. The van der Waals surface area contributed by atoms with E-state index in [2.05, 4.69) is 21.2 Å². The zero-order chi connectivity index (χ0) is 14.7. The maximum Gasteiger partial charge on any atom is 0.256 e. The number of carbonyl (C=O) groups is 1. The molecule has 2 aromatic rings. The fraction of sp³-hybridized carbons (Fsp3) is 0.133. The lowest BCUT2D eigenvalue weighted by molar-refractivity contribution is 0.102. The third kappa shape index (κ3) is 3.52. The summed E-state index contributed by atoms with van der Waals surface area (Å²) in [4.78, 5) is 12.3. The monoisotopic (exact) mass is 353 g/mol. The fourth-order valence-corrected chi connectivity index (χ4v) is 2.53. The molecule has 1 N–H and O–H groups in total. The van der Waals surface area contributed by atoms with Gasteiger partial charge in [0.25, 0.3) is 5.91 Å². The first-order valence-corrected chi connectivity index (χ1v) is 7.09. The van der Waals surface area contributed by atoms with Gasteiger partial charge >= 0.3 is 0 Å². The van der Waals surface area contributed by atoms with Crippen molar-refractivity contribution in [2.45, 2.75) is 6.92 Å². The van der Waals surface area contributed by atoms with Gasteiger partial charge in [-0.1, -0.05) is 11.6 Å². The summed E-state index contributed by atoms with van der Waals surface area (Å²) in [7, 11) is 1.56. The normalized spacial score (nSPS) is 10.2. The summed E-state index contributed by atoms with van der Waals surface area (Å²) in [5.74, 6) is 0.401. The molecule has 0 aromatic heterocycles. The van der Waals surface area contributed by atoms with Crippen LogP contribution in [0.25, 0.3) is 0 Å². The Morgan fingerprint density at radius 3 is 2.65 bits per heavy atom. The smallest absolute Gasteiger partial charge is 0.256 e. The number of ether oxygens (including phenoxy) is 1. The van der Waals surface area contributed by atoms with E-state index < -0.39 is 0 Å². The van der Waals surface area contributed by atoms with Crippen molar-refractivity contribution >= 4 is 39.1 Å². The Kier molecular flexibility index (Phi) is 4.68. The minimum Gasteiger partial charge on any atom is -0.497 e. The Labute approximate surface area is 131 Å². The minimum atomic E-state index is -0.225. The van der Waals surface area contributed by atoms with Crippen LogP contribution in [0, 0.1) is 6.92 Å². The Bertz CT molecular complexity index is 638. The van der Waals surface area contributed by atoms with Gasteiger partial charge in [0.2, 0.25) is 0 Å². The molecule has 1 amide bonds. The molecule has 0 bridgehead atoms. The van der Waals surface area contributed by atoms with E-state index >= 15 is 0 Å². The van der Waals surface area contributed by atoms with Crippen LogP contribution in [-0.2, 0) is 0 Å². The average molecular weight is 355 g/mol. The van der Waals surface area contributed by atoms with E-state index in [0.717, 1.165) is 5.56 Å². The molecular formula is C15H13BrClNO2. The predicted molar refractivity (Wildman–Crippen MR) is 84.8 cm³/mol. The lowest BCUT2D eigenvalue weighted by atomic mass is 10.2. The minimum absolute atomic E-state index is 0.225. The molecule has 0 unspecified atom stereocenters. The van der Waals surface area contributed by atoms with E-state index in [9.17, 15) is 4.79 Å². The number of anilines is 1. The SMILES string of the molecule is COc1ccc(Br)c(C(=O)Nc2cc(C)cc(Cl)c2)c1. The summed E-state index contributed by atoms with van der Waals surface area (Å²) < 4.78 is 5.83. The summed E-state index contributed by atoms with van der Waals surface area (Å²) in [6, 6.07) is 10.6. The standard InChI is InChI=1S/C15H13BrClNO2/c1-9-5-10(17)7-11(6-9)18-15(19)13-8-12(20-2)3-4-14(13)16/h3-8H,1-2H3,(H,18,19). The van der Waals surface area contributed by atoms with Gasteiger partial charge in [0, 0.05) is 15.2 Å². The largest absolute Gasteiger partial charge is 0.497 e. The molecule has 20 heavy (non-hydrogen) atoms. The Morgan fingerprint density at radius 1 is 1.25 bits per heavy atom. The van der Waals surface area contributed by atoms with Gasteiger partial charge in [0.1, 0.15) is 5.75 Å². The molecule has 5 heteroatoms.